The molecular formula is C26H25ClN3O3P. The van der Waals surface area contributed by atoms with Crippen LogP contribution in [0.15, 0.2) is 66.7 Å². The van der Waals surface area contributed by atoms with Gasteiger partial charge < -0.3 is 9.79 Å². The molecule has 0 atom stereocenters. The van der Waals surface area contributed by atoms with Crippen molar-refractivity contribution in [2.75, 3.05) is 11.1 Å². The van der Waals surface area contributed by atoms with Gasteiger partial charge in [0.05, 0.1) is 17.4 Å². The number of hydrogen-bond donors (Lipinski definition) is 2. The third-order valence-electron chi connectivity index (χ3n) is 6.62. The molecule has 174 valence electrons. The second kappa shape index (κ2) is 9.50. The number of halogens is 1. The maximum absolute atomic E-state index is 11.3. The van der Waals surface area contributed by atoms with Crippen LogP contribution in [0.4, 0.5) is 11.5 Å². The van der Waals surface area contributed by atoms with Crippen LogP contribution in [0.2, 0.25) is 5.15 Å². The molecule has 0 amide bonds. The number of rotatable bonds is 5. The summed E-state index contributed by atoms with van der Waals surface area (Å²) in [6.45, 7) is 0. The lowest BCUT2D eigenvalue weighted by Crippen LogP contribution is -2.20. The Bertz CT molecular complexity index is 1290. The van der Waals surface area contributed by atoms with Gasteiger partial charge in [-0.05, 0) is 61.3 Å². The number of hydrogen-bond acceptors (Lipinski definition) is 4. The molecule has 34 heavy (non-hydrogen) atoms. The molecule has 1 fully saturated rings. The van der Waals surface area contributed by atoms with Crippen molar-refractivity contribution in [3.8, 4) is 0 Å². The molecule has 0 bridgehead atoms. The maximum Gasteiger partial charge on any atom is 0.325 e. The van der Waals surface area contributed by atoms with Gasteiger partial charge in [0.1, 0.15) is 11.5 Å². The largest absolute Gasteiger partial charge is 0.325 e. The van der Waals surface area contributed by atoms with Crippen LogP contribution in [0.25, 0.3) is 11.8 Å². The third kappa shape index (κ3) is 4.88. The number of fused-ring (bicyclic) bond motifs is 1. The lowest BCUT2D eigenvalue weighted by atomic mass is 9.79. The van der Waals surface area contributed by atoms with Crippen molar-refractivity contribution >= 4 is 42.5 Å². The van der Waals surface area contributed by atoms with Gasteiger partial charge in [-0.15, -0.1) is 0 Å². The predicted octanol–water partition coefficient (Wildman–Crippen LogP) is 6.39. The zero-order valence-electron chi connectivity index (χ0n) is 18.5. The van der Waals surface area contributed by atoms with Gasteiger partial charge in [-0.2, -0.15) is 0 Å². The summed E-state index contributed by atoms with van der Waals surface area (Å²) in [5, 5.41) is 0.387. The fraction of sp³-hybridized carbons (Fsp3) is 0.269. The van der Waals surface area contributed by atoms with Gasteiger partial charge >= 0.3 is 7.60 Å². The smallest absolute Gasteiger partial charge is 0.324 e. The first-order valence-corrected chi connectivity index (χ1v) is 13.5. The van der Waals surface area contributed by atoms with E-state index < -0.39 is 7.60 Å². The highest BCUT2D eigenvalue weighted by molar-refractivity contribution is 7.51. The molecule has 1 aromatic heterocycles. The first-order chi connectivity index (χ1) is 16.4. The molecule has 0 radical (unpaired) electrons. The van der Waals surface area contributed by atoms with Crippen LogP contribution in [-0.2, 0) is 4.57 Å². The molecule has 8 heteroatoms. The van der Waals surface area contributed by atoms with E-state index >= 15 is 0 Å². The van der Waals surface area contributed by atoms with Crippen molar-refractivity contribution in [1.82, 2.24) is 9.97 Å². The molecule has 1 aliphatic carbocycles. The minimum absolute atomic E-state index is 0.000438. The molecule has 1 aliphatic heterocycles. The molecule has 0 spiro atoms. The highest BCUT2D eigenvalue weighted by atomic mass is 35.5. The van der Waals surface area contributed by atoms with Crippen LogP contribution in [0, 0.1) is 5.92 Å². The first kappa shape index (κ1) is 23.0. The number of nitrogens with zero attached hydrogens (tertiary/aromatic N) is 3. The van der Waals surface area contributed by atoms with Crippen molar-refractivity contribution in [2.24, 2.45) is 5.92 Å². The summed E-state index contributed by atoms with van der Waals surface area (Å²) < 4.78 is 11.3. The van der Waals surface area contributed by atoms with Crippen LogP contribution in [0.3, 0.4) is 0 Å². The summed E-state index contributed by atoms with van der Waals surface area (Å²) >= 11 is 6.36. The lowest BCUT2D eigenvalue weighted by Gasteiger charge is -2.31. The second-order valence-corrected chi connectivity index (χ2v) is 10.9. The third-order valence-corrected chi connectivity index (χ3v) is 7.91. The average Bonchev–Trinajstić information content (AvgIpc) is 2.84. The second-order valence-electron chi connectivity index (χ2n) is 8.90. The van der Waals surface area contributed by atoms with Gasteiger partial charge in [-0.1, -0.05) is 59.8 Å². The molecule has 2 N–H and O–H groups in total. The standard InChI is InChI=1S/C26H25ClN3O3P/c27-25-23-14-15-24(21-4-2-1-3-5-21)30(26(23)29-17-28-25)22-12-10-20(11-13-22)19-8-6-18(7-9-19)16-34(31,32)33/h1-5,10-14,17-19H,6-9,16H2,(H2,31,32,33). The molecule has 2 heterocycles. The van der Waals surface area contributed by atoms with Gasteiger partial charge in [-0.25, -0.2) is 9.97 Å². The highest BCUT2D eigenvalue weighted by Gasteiger charge is 2.28. The molecular weight excluding hydrogens is 469 g/mol. The van der Waals surface area contributed by atoms with E-state index in [-0.39, 0.29) is 12.1 Å². The number of benzene rings is 2. The van der Waals surface area contributed by atoms with Crippen molar-refractivity contribution in [1.29, 1.82) is 0 Å². The molecule has 6 nitrogen and oxygen atoms in total. The Hall–Kier alpha value is -2.72. The number of aromatic nitrogens is 2. The maximum atomic E-state index is 11.3. The van der Waals surface area contributed by atoms with Gasteiger partial charge in [0.15, 0.2) is 5.82 Å². The van der Waals surface area contributed by atoms with Crippen molar-refractivity contribution in [3.63, 3.8) is 0 Å². The van der Waals surface area contributed by atoms with E-state index in [0.29, 0.717) is 16.9 Å². The zero-order chi connectivity index (χ0) is 23.7. The molecule has 1 saturated carbocycles. The Morgan fingerprint density at radius 2 is 1.71 bits per heavy atom. The fourth-order valence-corrected chi connectivity index (χ4v) is 6.17. The fourth-order valence-electron chi connectivity index (χ4n) is 4.95. The summed E-state index contributed by atoms with van der Waals surface area (Å²) in [5.41, 5.74) is 8.21. The first-order valence-electron chi connectivity index (χ1n) is 11.4. The Kier molecular flexibility index (Phi) is 6.44. The summed E-state index contributed by atoms with van der Waals surface area (Å²) in [6, 6.07) is 18.5. The summed E-state index contributed by atoms with van der Waals surface area (Å²) in [4.78, 5) is 29.3. The van der Waals surface area contributed by atoms with Crippen LogP contribution in [0.5, 0.6) is 0 Å². The Morgan fingerprint density at radius 3 is 2.38 bits per heavy atom. The van der Waals surface area contributed by atoms with E-state index in [1.54, 1.807) is 0 Å². The quantitative estimate of drug-likeness (QED) is 0.243. The van der Waals surface area contributed by atoms with E-state index in [4.69, 9.17) is 11.6 Å². The van der Waals surface area contributed by atoms with Crippen LogP contribution >= 0.6 is 19.2 Å². The Balaban J connectivity index is 1.42. The van der Waals surface area contributed by atoms with E-state index in [1.807, 2.05) is 36.4 Å². The average molecular weight is 494 g/mol. The molecule has 0 saturated heterocycles. The summed E-state index contributed by atoms with van der Waals surface area (Å²) in [5.74, 6) is 1.22. The van der Waals surface area contributed by atoms with Crippen LogP contribution in [-0.4, -0.2) is 25.9 Å². The minimum Gasteiger partial charge on any atom is -0.324 e. The number of anilines is 2. The van der Waals surface area contributed by atoms with Crippen molar-refractivity contribution in [2.45, 2.75) is 31.6 Å². The van der Waals surface area contributed by atoms with Crippen molar-refractivity contribution < 1.29 is 14.4 Å². The molecule has 3 aromatic rings. The summed E-state index contributed by atoms with van der Waals surface area (Å²) in [6.07, 6.45) is 6.88. The van der Waals surface area contributed by atoms with Gasteiger partial charge in [0.25, 0.3) is 0 Å². The summed E-state index contributed by atoms with van der Waals surface area (Å²) in [7, 11) is -3.95. The highest BCUT2D eigenvalue weighted by Crippen LogP contribution is 2.45. The van der Waals surface area contributed by atoms with Crippen LogP contribution < -0.4 is 4.90 Å². The normalized spacial score (nSPS) is 20.1. The molecule has 2 aliphatic rings. The van der Waals surface area contributed by atoms with Gasteiger partial charge in [-0.3, -0.25) is 9.46 Å². The molecule has 5 rings (SSSR count). The van der Waals surface area contributed by atoms with Crippen LogP contribution in [0.1, 0.15) is 48.3 Å². The van der Waals surface area contributed by atoms with Crippen molar-refractivity contribution in [3.05, 3.63) is 88.5 Å². The topological polar surface area (TPSA) is 86.5 Å². The monoisotopic (exact) mass is 493 g/mol. The SMILES string of the molecule is O=P(O)(O)CC1CCC(c2ccc(N3C(c4ccccc4)=C=Cc4c(Cl)ncnc43)cc2)CC1. The lowest BCUT2D eigenvalue weighted by molar-refractivity contribution is 0.316. The van der Waals surface area contributed by atoms with Gasteiger partial charge in [0, 0.05) is 11.3 Å². The Morgan fingerprint density at radius 1 is 1.00 bits per heavy atom. The molecule has 2 aromatic carbocycles. The Labute approximate surface area is 203 Å². The zero-order valence-corrected chi connectivity index (χ0v) is 20.2. The van der Waals surface area contributed by atoms with E-state index in [0.717, 1.165) is 48.2 Å². The molecule has 0 unspecified atom stereocenters. The van der Waals surface area contributed by atoms with E-state index in [1.165, 1.54) is 11.9 Å². The predicted molar refractivity (Wildman–Crippen MR) is 135 cm³/mol. The minimum atomic E-state index is -3.95. The van der Waals surface area contributed by atoms with Gasteiger partial charge in [0.2, 0.25) is 0 Å². The van der Waals surface area contributed by atoms with E-state index in [2.05, 4.69) is 44.9 Å². The van der Waals surface area contributed by atoms with E-state index in [9.17, 15) is 14.4 Å².